The smallest absolute Gasteiger partial charge is 0.227 e. The van der Waals surface area contributed by atoms with Crippen LogP contribution in [0.25, 0.3) is 0 Å². The monoisotopic (exact) mass is 251 g/mol. The van der Waals surface area contributed by atoms with E-state index in [0.717, 1.165) is 6.42 Å². The van der Waals surface area contributed by atoms with Crippen molar-refractivity contribution in [1.29, 1.82) is 0 Å². The Kier molecular flexibility index (Phi) is 3.59. The molecule has 2 atom stereocenters. The lowest BCUT2D eigenvalue weighted by molar-refractivity contribution is -0.145. The Labute approximate surface area is 105 Å². The highest BCUT2D eigenvalue weighted by molar-refractivity contribution is 6.08. The highest BCUT2D eigenvalue weighted by atomic mass is 16.2. The predicted octanol–water partition coefficient (Wildman–Crippen LogP) is 0.614. The van der Waals surface area contributed by atoms with E-state index < -0.39 is 23.7 Å². The molecule has 2 aliphatic rings. The predicted molar refractivity (Wildman–Crippen MR) is 62.4 cm³/mol. The van der Waals surface area contributed by atoms with E-state index in [-0.39, 0.29) is 24.4 Å². The number of piperidine rings is 1. The first-order valence-electron chi connectivity index (χ1n) is 6.36. The number of rotatable bonds is 2. The van der Waals surface area contributed by atoms with E-state index in [0.29, 0.717) is 18.8 Å². The Bertz CT molecular complexity index is 399. The summed E-state index contributed by atoms with van der Waals surface area (Å²) in [4.78, 5) is 46.5. The van der Waals surface area contributed by atoms with Crippen molar-refractivity contribution in [1.82, 2.24) is 5.32 Å². The molecule has 1 saturated heterocycles. The van der Waals surface area contributed by atoms with Gasteiger partial charge in [-0.05, 0) is 18.8 Å². The fraction of sp³-hybridized carbons (Fsp3) is 0.692. The van der Waals surface area contributed by atoms with Crippen LogP contribution in [0.15, 0.2) is 0 Å². The summed E-state index contributed by atoms with van der Waals surface area (Å²) in [5.41, 5.74) is 0. The first kappa shape index (κ1) is 12.9. The molecule has 5 nitrogen and oxygen atoms in total. The molecule has 2 rings (SSSR count). The van der Waals surface area contributed by atoms with Gasteiger partial charge >= 0.3 is 0 Å². The van der Waals surface area contributed by atoms with E-state index in [1.807, 2.05) is 6.92 Å². The molecule has 1 aliphatic carbocycles. The number of amides is 2. The van der Waals surface area contributed by atoms with Crippen molar-refractivity contribution in [3.05, 3.63) is 0 Å². The van der Waals surface area contributed by atoms with E-state index in [1.54, 1.807) is 0 Å². The summed E-state index contributed by atoms with van der Waals surface area (Å²) < 4.78 is 0. The third-order valence-corrected chi connectivity index (χ3v) is 3.80. The van der Waals surface area contributed by atoms with Crippen LogP contribution in [-0.2, 0) is 19.2 Å². The highest BCUT2D eigenvalue weighted by Gasteiger charge is 2.39. The maximum absolute atomic E-state index is 12.2. The van der Waals surface area contributed by atoms with Crippen LogP contribution < -0.4 is 5.32 Å². The maximum Gasteiger partial charge on any atom is 0.227 e. The van der Waals surface area contributed by atoms with Crippen LogP contribution in [0, 0.1) is 17.8 Å². The molecule has 0 aromatic carbocycles. The molecule has 0 unspecified atom stereocenters. The van der Waals surface area contributed by atoms with Crippen molar-refractivity contribution in [2.24, 2.45) is 17.8 Å². The molecule has 0 bridgehead atoms. The number of hydrogen-bond donors (Lipinski definition) is 1. The summed E-state index contributed by atoms with van der Waals surface area (Å²) in [5, 5.41) is 2.17. The van der Waals surface area contributed by atoms with E-state index in [4.69, 9.17) is 0 Å². The van der Waals surface area contributed by atoms with Gasteiger partial charge in [-0.25, -0.2) is 0 Å². The third-order valence-electron chi connectivity index (χ3n) is 3.80. The minimum atomic E-state index is -0.606. The average molecular weight is 251 g/mol. The van der Waals surface area contributed by atoms with Gasteiger partial charge in [0.25, 0.3) is 0 Å². The molecule has 1 aliphatic heterocycles. The minimum Gasteiger partial charge on any atom is -0.299 e. The van der Waals surface area contributed by atoms with Gasteiger partial charge < -0.3 is 0 Å². The third kappa shape index (κ3) is 2.66. The van der Waals surface area contributed by atoms with E-state index >= 15 is 0 Å². The number of nitrogens with one attached hydrogen (secondary N) is 1. The molecule has 1 N–H and O–H groups in total. The molecule has 2 fully saturated rings. The van der Waals surface area contributed by atoms with Crippen molar-refractivity contribution in [2.75, 3.05) is 0 Å². The fourth-order valence-corrected chi connectivity index (χ4v) is 2.75. The lowest BCUT2D eigenvalue weighted by Crippen LogP contribution is -2.44. The summed E-state index contributed by atoms with van der Waals surface area (Å²) in [6.07, 6.45) is 1.88. The lowest BCUT2D eigenvalue weighted by atomic mass is 9.74. The standard InChI is InChI=1S/C13H17NO4/c1-7-2-3-10(15)9(4-7)13(18)8-5-11(16)14-12(17)6-8/h7-9H,2-6H2,1H3,(H,14,16,17)/t7-,9-/m0/s1. The fourth-order valence-electron chi connectivity index (χ4n) is 2.75. The van der Waals surface area contributed by atoms with Gasteiger partial charge in [0.05, 0.1) is 5.92 Å². The number of ketones is 2. The normalized spacial score (nSPS) is 30.2. The van der Waals surface area contributed by atoms with Crippen molar-refractivity contribution >= 4 is 23.4 Å². The quantitative estimate of drug-likeness (QED) is 0.576. The lowest BCUT2D eigenvalue weighted by Gasteiger charge is -2.28. The Morgan fingerprint density at radius 2 is 1.78 bits per heavy atom. The molecule has 0 radical (unpaired) electrons. The number of Topliss-reactive ketones (excluding diaryl/α,β-unsaturated/α-hetero) is 2. The minimum absolute atomic E-state index is 0.0305. The maximum atomic E-state index is 12.2. The molecule has 1 heterocycles. The van der Waals surface area contributed by atoms with Crippen LogP contribution in [0.1, 0.15) is 39.0 Å². The summed E-state index contributed by atoms with van der Waals surface area (Å²) >= 11 is 0. The molecule has 98 valence electrons. The van der Waals surface area contributed by atoms with Gasteiger partial charge in [-0.3, -0.25) is 24.5 Å². The first-order valence-corrected chi connectivity index (χ1v) is 6.36. The Hall–Kier alpha value is -1.52. The summed E-state index contributed by atoms with van der Waals surface area (Å²) in [5.74, 6) is -1.93. The molecule has 18 heavy (non-hydrogen) atoms. The molecule has 0 aromatic rings. The molecular weight excluding hydrogens is 234 g/mol. The number of carbonyl (C=O) groups excluding carboxylic acids is 4. The molecule has 5 heteroatoms. The van der Waals surface area contributed by atoms with Crippen LogP contribution in [-0.4, -0.2) is 23.4 Å². The Morgan fingerprint density at radius 3 is 2.39 bits per heavy atom. The van der Waals surface area contributed by atoms with Gasteiger partial charge in [0.15, 0.2) is 0 Å². The first-order chi connectivity index (χ1) is 8.47. The van der Waals surface area contributed by atoms with Crippen LogP contribution in [0.5, 0.6) is 0 Å². The van der Waals surface area contributed by atoms with Crippen LogP contribution >= 0.6 is 0 Å². The van der Waals surface area contributed by atoms with Crippen molar-refractivity contribution in [3.63, 3.8) is 0 Å². The zero-order chi connectivity index (χ0) is 13.3. The van der Waals surface area contributed by atoms with Gasteiger partial charge in [-0.1, -0.05) is 6.92 Å². The van der Waals surface area contributed by atoms with Crippen LogP contribution in [0.3, 0.4) is 0 Å². The summed E-state index contributed by atoms with van der Waals surface area (Å²) in [7, 11) is 0. The largest absolute Gasteiger partial charge is 0.299 e. The van der Waals surface area contributed by atoms with Gasteiger partial charge in [0.1, 0.15) is 11.6 Å². The second-order valence-electron chi connectivity index (χ2n) is 5.38. The highest BCUT2D eigenvalue weighted by Crippen LogP contribution is 2.30. The van der Waals surface area contributed by atoms with Crippen molar-refractivity contribution in [2.45, 2.75) is 39.0 Å². The Balaban J connectivity index is 2.07. The second-order valence-corrected chi connectivity index (χ2v) is 5.38. The molecule has 0 spiro atoms. The second kappa shape index (κ2) is 5.00. The van der Waals surface area contributed by atoms with E-state index in [9.17, 15) is 19.2 Å². The zero-order valence-electron chi connectivity index (χ0n) is 10.4. The molecule has 2 amide bonds. The molecule has 1 saturated carbocycles. The summed E-state index contributed by atoms with van der Waals surface area (Å²) in [6, 6.07) is 0. The molecular formula is C13H17NO4. The van der Waals surface area contributed by atoms with Crippen molar-refractivity contribution in [3.8, 4) is 0 Å². The van der Waals surface area contributed by atoms with Gasteiger partial charge in [0.2, 0.25) is 11.8 Å². The molecule has 0 aromatic heterocycles. The van der Waals surface area contributed by atoms with Crippen LogP contribution in [0.2, 0.25) is 0 Å². The van der Waals surface area contributed by atoms with E-state index in [1.165, 1.54) is 0 Å². The van der Waals surface area contributed by atoms with Crippen LogP contribution in [0.4, 0.5) is 0 Å². The number of hydrogen-bond acceptors (Lipinski definition) is 4. The average Bonchev–Trinajstić information content (AvgIpc) is 2.30. The Morgan fingerprint density at radius 1 is 1.17 bits per heavy atom. The van der Waals surface area contributed by atoms with Crippen molar-refractivity contribution < 1.29 is 19.2 Å². The SMILES string of the molecule is C[C@H]1CCC(=O)[C@@H](C(=O)C2CC(=O)NC(=O)C2)C1. The van der Waals surface area contributed by atoms with Gasteiger partial charge in [-0.2, -0.15) is 0 Å². The summed E-state index contributed by atoms with van der Waals surface area (Å²) in [6.45, 7) is 2.02. The van der Waals surface area contributed by atoms with Gasteiger partial charge in [0, 0.05) is 25.2 Å². The topological polar surface area (TPSA) is 80.3 Å². The van der Waals surface area contributed by atoms with Gasteiger partial charge in [-0.15, -0.1) is 0 Å². The zero-order valence-corrected chi connectivity index (χ0v) is 10.4. The van der Waals surface area contributed by atoms with E-state index in [2.05, 4.69) is 5.32 Å². The number of imide groups is 1. The number of carbonyl (C=O) groups is 4.